The number of aromatic amines is 1. The number of methoxy groups -OCH3 is 1. The number of ether oxygens (including phenoxy) is 1. The third-order valence-electron chi connectivity index (χ3n) is 6.25. The topological polar surface area (TPSA) is 76.4 Å². The Balaban J connectivity index is 1.73. The zero-order valence-corrected chi connectivity index (χ0v) is 20.3. The van der Waals surface area contributed by atoms with Gasteiger partial charge in [0.25, 0.3) is 5.56 Å². The number of aromatic nitrogens is 2. The molecule has 1 aliphatic rings. The normalized spacial score (nSPS) is 16.1. The molecule has 3 heterocycles. The van der Waals surface area contributed by atoms with E-state index in [9.17, 15) is 9.59 Å². The minimum absolute atomic E-state index is 0.180. The van der Waals surface area contributed by atoms with Crippen LogP contribution in [0.3, 0.4) is 0 Å². The highest BCUT2D eigenvalue weighted by atomic mass is 32.1. The summed E-state index contributed by atoms with van der Waals surface area (Å²) in [5.41, 5.74) is 4.74. The zero-order valence-electron chi connectivity index (χ0n) is 19.5. The van der Waals surface area contributed by atoms with Crippen molar-refractivity contribution in [2.75, 3.05) is 7.11 Å². The van der Waals surface area contributed by atoms with Crippen molar-refractivity contribution < 1.29 is 9.53 Å². The van der Waals surface area contributed by atoms with Crippen molar-refractivity contribution in [2.45, 2.75) is 32.7 Å². The molecule has 4 aromatic rings. The van der Waals surface area contributed by atoms with Gasteiger partial charge in [-0.3, -0.25) is 9.36 Å². The van der Waals surface area contributed by atoms with E-state index < -0.39 is 12.0 Å². The third-order valence-corrected chi connectivity index (χ3v) is 7.24. The number of carbonyl (C=O) groups excluding carboxylic acids is 1. The molecule has 2 aromatic heterocycles. The molecule has 0 aliphatic carbocycles. The maximum Gasteiger partial charge on any atom is 0.338 e. The molecular weight excluding hydrogens is 446 g/mol. The maximum atomic E-state index is 13.7. The van der Waals surface area contributed by atoms with E-state index in [4.69, 9.17) is 4.74 Å². The lowest BCUT2D eigenvalue weighted by Gasteiger charge is -2.24. The quantitative estimate of drug-likeness (QED) is 0.457. The SMILES string of the molecule is COC(=O)C1=C(C)N=c2s/c(=C\c3c[nH]c4ccccc34)c(=O)n2[C@H]1c1ccc(C(C)C)cc1. The van der Waals surface area contributed by atoms with Crippen molar-refractivity contribution in [2.24, 2.45) is 4.99 Å². The third kappa shape index (κ3) is 3.62. The number of nitrogens with one attached hydrogen (secondary N) is 1. The number of H-pyrrole nitrogens is 1. The lowest BCUT2D eigenvalue weighted by atomic mass is 9.93. The average Bonchev–Trinajstić information content (AvgIpc) is 3.38. The molecule has 2 aromatic carbocycles. The zero-order chi connectivity index (χ0) is 24.0. The van der Waals surface area contributed by atoms with Crippen molar-refractivity contribution in [1.29, 1.82) is 0 Å². The fraction of sp³-hybridized carbons (Fsp3) is 0.222. The van der Waals surface area contributed by atoms with Gasteiger partial charge >= 0.3 is 5.97 Å². The Bertz CT molecular complexity index is 1620. The second-order valence-electron chi connectivity index (χ2n) is 8.68. The van der Waals surface area contributed by atoms with Crippen LogP contribution in [0.25, 0.3) is 17.0 Å². The van der Waals surface area contributed by atoms with Gasteiger partial charge in [-0.2, -0.15) is 0 Å². The van der Waals surface area contributed by atoms with Gasteiger partial charge in [0, 0.05) is 22.7 Å². The number of allylic oxidation sites excluding steroid dienone is 1. The maximum absolute atomic E-state index is 13.7. The number of carbonyl (C=O) groups is 1. The lowest BCUT2D eigenvalue weighted by molar-refractivity contribution is -0.136. The molecule has 7 heteroatoms. The van der Waals surface area contributed by atoms with E-state index in [0.717, 1.165) is 22.0 Å². The van der Waals surface area contributed by atoms with Crippen LogP contribution in [-0.4, -0.2) is 22.6 Å². The second-order valence-corrected chi connectivity index (χ2v) is 9.69. The molecule has 172 valence electrons. The summed E-state index contributed by atoms with van der Waals surface area (Å²) >= 11 is 1.33. The van der Waals surface area contributed by atoms with Crippen LogP contribution in [0.1, 0.15) is 49.4 Å². The van der Waals surface area contributed by atoms with Crippen LogP contribution < -0.4 is 14.9 Å². The van der Waals surface area contributed by atoms with Gasteiger partial charge in [0.1, 0.15) is 0 Å². The number of para-hydroxylation sites is 1. The number of hydrogen-bond acceptors (Lipinski definition) is 5. The van der Waals surface area contributed by atoms with Crippen LogP contribution >= 0.6 is 11.3 Å². The average molecular weight is 472 g/mol. The Morgan fingerprint density at radius 3 is 2.62 bits per heavy atom. The van der Waals surface area contributed by atoms with E-state index >= 15 is 0 Å². The van der Waals surface area contributed by atoms with Crippen molar-refractivity contribution in [3.8, 4) is 0 Å². The lowest BCUT2D eigenvalue weighted by Crippen LogP contribution is -2.39. The molecule has 0 unspecified atom stereocenters. The van der Waals surface area contributed by atoms with Crippen LogP contribution in [0.15, 0.2) is 75.8 Å². The number of fused-ring (bicyclic) bond motifs is 2. The van der Waals surface area contributed by atoms with Crippen LogP contribution in [-0.2, 0) is 9.53 Å². The number of rotatable bonds is 4. The van der Waals surface area contributed by atoms with E-state index in [-0.39, 0.29) is 5.56 Å². The first-order chi connectivity index (χ1) is 16.4. The summed E-state index contributed by atoms with van der Waals surface area (Å²) < 4.78 is 7.27. The molecule has 0 fully saturated rings. The first-order valence-electron chi connectivity index (χ1n) is 11.2. The minimum Gasteiger partial charge on any atom is -0.466 e. The van der Waals surface area contributed by atoms with Crippen LogP contribution in [0, 0.1) is 0 Å². The Kier molecular flexibility index (Phi) is 5.57. The van der Waals surface area contributed by atoms with Crippen LogP contribution in [0.5, 0.6) is 0 Å². The largest absolute Gasteiger partial charge is 0.466 e. The van der Waals surface area contributed by atoms with Crippen molar-refractivity contribution in [3.63, 3.8) is 0 Å². The summed E-state index contributed by atoms with van der Waals surface area (Å²) in [7, 11) is 1.35. The van der Waals surface area contributed by atoms with E-state index in [2.05, 4.69) is 23.8 Å². The molecular formula is C27H25N3O3S. The Hall–Kier alpha value is -3.71. The summed E-state index contributed by atoms with van der Waals surface area (Å²) in [5.74, 6) is -0.102. The van der Waals surface area contributed by atoms with Gasteiger partial charge in [-0.05, 0) is 36.1 Å². The van der Waals surface area contributed by atoms with Gasteiger partial charge in [0.15, 0.2) is 4.80 Å². The summed E-state index contributed by atoms with van der Waals surface area (Å²) in [6, 6.07) is 15.4. The van der Waals surface area contributed by atoms with E-state index in [1.54, 1.807) is 11.5 Å². The summed E-state index contributed by atoms with van der Waals surface area (Å²) in [6.07, 6.45) is 3.79. The molecule has 1 aliphatic heterocycles. The molecule has 6 nitrogen and oxygen atoms in total. The van der Waals surface area contributed by atoms with Crippen molar-refractivity contribution in [3.05, 3.63) is 102 Å². The van der Waals surface area contributed by atoms with Crippen LogP contribution in [0.2, 0.25) is 0 Å². The summed E-state index contributed by atoms with van der Waals surface area (Å²) in [6.45, 7) is 6.05. The Morgan fingerprint density at radius 1 is 1.18 bits per heavy atom. The molecule has 0 amide bonds. The number of benzene rings is 2. The number of esters is 1. The first kappa shape index (κ1) is 22.1. The molecule has 0 saturated carbocycles. The molecule has 0 bridgehead atoms. The molecule has 0 saturated heterocycles. The van der Waals surface area contributed by atoms with Gasteiger partial charge in [0.2, 0.25) is 0 Å². The number of hydrogen-bond donors (Lipinski definition) is 1. The number of nitrogens with zero attached hydrogens (tertiary/aromatic N) is 2. The van der Waals surface area contributed by atoms with E-state index in [0.29, 0.717) is 26.5 Å². The van der Waals surface area contributed by atoms with Gasteiger partial charge in [-0.25, -0.2) is 9.79 Å². The van der Waals surface area contributed by atoms with Crippen molar-refractivity contribution in [1.82, 2.24) is 9.55 Å². The molecule has 5 rings (SSSR count). The van der Waals surface area contributed by atoms with Gasteiger partial charge in [0.05, 0.1) is 29.0 Å². The fourth-order valence-corrected chi connectivity index (χ4v) is 5.46. The molecule has 1 N–H and O–H groups in total. The molecule has 34 heavy (non-hydrogen) atoms. The highest BCUT2D eigenvalue weighted by molar-refractivity contribution is 7.07. The minimum atomic E-state index is -0.602. The summed E-state index contributed by atoms with van der Waals surface area (Å²) in [4.78, 5) is 34.9. The van der Waals surface area contributed by atoms with Crippen LogP contribution in [0.4, 0.5) is 0 Å². The monoisotopic (exact) mass is 471 g/mol. The predicted octanol–water partition coefficient (Wildman–Crippen LogP) is 4.01. The van der Waals surface area contributed by atoms with E-state index in [1.165, 1.54) is 24.0 Å². The highest BCUT2D eigenvalue weighted by Crippen LogP contribution is 2.31. The molecule has 0 radical (unpaired) electrons. The standard InChI is InChI=1S/C27H25N3O3S/c1-15(2)17-9-11-18(12-10-17)24-23(26(32)33-4)16(3)29-27-30(24)25(31)22(34-27)13-19-14-28-21-8-6-5-7-20(19)21/h5-15,24,28H,1-4H3/b22-13-/t24-/m0/s1. The fourth-order valence-electron chi connectivity index (χ4n) is 4.43. The van der Waals surface area contributed by atoms with Crippen molar-refractivity contribution >= 4 is 34.3 Å². The van der Waals surface area contributed by atoms with Gasteiger partial charge in [-0.1, -0.05) is 67.6 Å². The molecule has 1 atom stereocenters. The highest BCUT2D eigenvalue weighted by Gasteiger charge is 2.33. The van der Waals surface area contributed by atoms with E-state index in [1.807, 2.05) is 60.8 Å². The Morgan fingerprint density at radius 2 is 1.91 bits per heavy atom. The smallest absolute Gasteiger partial charge is 0.338 e. The Labute approximate surface area is 200 Å². The summed E-state index contributed by atoms with van der Waals surface area (Å²) in [5, 5.41) is 1.04. The first-order valence-corrected chi connectivity index (χ1v) is 12.0. The van der Waals surface area contributed by atoms with Gasteiger partial charge < -0.3 is 9.72 Å². The second kappa shape index (κ2) is 8.57. The number of thiazole rings is 1. The molecule has 0 spiro atoms. The van der Waals surface area contributed by atoms with Gasteiger partial charge in [-0.15, -0.1) is 0 Å². The predicted molar refractivity (Wildman–Crippen MR) is 135 cm³/mol.